The molecule has 0 fully saturated rings. The van der Waals surface area contributed by atoms with Gasteiger partial charge in [-0.15, -0.1) is 10.2 Å². The monoisotopic (exact) mass is 348 g/mol. The summed E-state index contributed by atoms with van der Waals surface area (Å²) in [6.07, 6.45) is 1.90. The van der Waals surface area contributed by atoms with Gasteiger partial charge in [0.15, 0.2) is 10.8 Å². The van der Waals surface area contributed by atoms with E-state index in [1.807, 2.05) is 78.2 Å². The molecular weight excluding hydrogens is 332 g/mol. The topological polar surface area (TPSA) is 59.3 Å². The molecule has 2 aromatic carbocycles. The van der Waals surface area contributed by atoms with Crippen molar-refractivity contribution in [1.82, 2.24) is 14.6 Å². The molecule has 0 saturated carbocycles. The van der Waals surface area contributed by atoms with Crippen LogP contribution in [-0.2, 0) is 4.79 Å². The summed E-state index contributed by atoms with van der Waals surface area (Å²) in [4.78, 5) is 12.6. The minimum absolute atomic E-state index is 0.0611. The molecule has 0 radical (unpaired) electrons. The molecule has 124 valence electrons. The Kier molecular flexibility index (Phi) is 4.11. The Balaban J connectivity index is 1.54. The maximum absolute atomic E-state index is 12.6. The van der Waals surface area contributed by atoms with Gasteiger partial charge in [-0.3, -0.25) is 9.20 Å². The normalized spacial score (nSPS) is 12.4. The number of aromatic nitrogens is 3. The number of benzene rings is 2. The molecule has 5 nitrogen and oxygen atoms in total. The Hall–Kier alpha value is -2.86. The van der Waals surface area contributed by atoms with Gasteiger partial charge in [0.25, 0.3) is 0 Å². The second kappa shape index (κ2) is 6.57. The molecule has 0 spiro atoms. The zero-order valence-corrected chi connectivity index (χ0v) is 14.4. The van der Waals surface area contributed by atoms with Crippen molar-refractivity contribution in [2.45, 2.75) is 17.3 Å². The highest BCUT2D eigenvalue weighted by molar-refractivity contribution is 8.00. The fraction of sp³-hybridized carbons (Fsp3) is 0.105. The highest BCUT2D eigenvalue weighted by Crippen LogP contribution is 2.26. The van der Waals surface area contributed by atoms with Gasteiger partial charge in [-0.05, 0) is 30.5 Å². The molecule has 0 unspecified atom stereocenters. The van der Waals surface area contributed by atoms with Crippen LogP contribution >= 0.6 is 11.8 Å². The molecule has 0 aliphatic rings. The van der Waals surface area contributed by atoms with Gasteiger partial charge in [-0.25, -0.2) is 0 Å². The number of anilines is 1. The van der Waals surface area contributed by atoms with E-state index in [0.717, 1.165) is 22.1 Å². The predicted molar refractivity (Wildman–Crippen MR) is 101 cm³/mol. The van der Waals surface area contributed by atoms with Crippen LogP contribution in [0.5, 0.6) is 0 Å². The first-order valence-electron chi connectivity index (χ1n) is 7.97. The third-order valence-electron chi connectivity index (χ3n) is 3.98. The Labute approximate surface area is 149 Å². The molecule has 25 heavy (non-hydrogen) atoms. The van der Waals surface area contributed by atoms with Crippen molar-refractivity contribution in [3.63, 3.8) is 0 Å². The molecular formula is C19H16N4OS. The minimum atomic E-state index is -0.299. The van der Waals surface area contributed by atoms with E-state index in [1.54, 1.807) is 0 Å². The molecule has 1 amide bonds. The van der Waals surface area contributed by atoms with E-state index in [2.05, 4.69) is 15.5 Å². The third kappa shape index (κ3) is 3.08. The standard InChI is InChI=1S/C19H16N4OS/c1-13(25-19-22-21-17-11-4-5-12-23(17)19)18(24)20-16-10-6-8-14-7-2-3-9-15(14)16/h2-13H,1H3,(H,20,24)/t13-/m0/s1. The van der Waals surface area contributed by atoms with Crippen LogP contribution in [0, 0.1) is 0 Å². The number of hydrogen-bond acceptors (Lipinski definition) is 4. The lowest BCUT2D eigenvalue weighted by Gasteiger charge is -2.12. The van der Waals surface area contributed by atoms with Crippen LogP contribution in [0.1, 0.15) is 6.92 Å². The molecule has 4 rings (SSSR count). The lowest BCUT2D eigenvalue weighted by Crippen LogP contribution is -2.22. The maximum Gasteiger partial charge on any atom is 0.237 e. The number of pyridine rings is 1. The highest BCUT2D eigenvalue weighted by Gasteiger charge is 2.18. The maximum atomic E-state index is 12.6. The van der Waals surface area contributed by atoms with Gasteiger partial charge >= 0.3 is 0 Å². The van der Waals surface area contributed by atoms with Crippen LogP contribution in [0.3, 0.4) is 0 Å². The molecule has 0 bridgehead atoms. The molecule has 0 aliphatic carbocycles. The molecule has 1 atom stereocenters. The number of carbonyl (C=O) groups is 1. The van der Waals surface area contributed by atoms with Crippen LogP contribution in [-0.4, -0.2) is 25.8 Å². The Morgan fingerprint density at radius 3 is 2.76 bits per heavy atom. The average Bonchev–Trinajstić information content (AvgIpc) is 3.05. The third-order valence-corrected chi connectivity index (χ3v) is 5.04. The first-order valence-corrected chi connectivity index (χ1v) is 8.85. The van der Waals surface area contributed by atoms with E-state index in [9.17, 15) is 4.79 Å². The number of rotatable bonds is 4. The Bertz CT molecular complexity index is 1050. The number of carbonyl (C=O) groups excluding carboxylic acids is 1. The van der Waals surface area contributed by atoms with E-state index in [1.165, 1.54) is 11.8 Å². The van der Waals surface area contributed by atoms with E-state index < -0.39 is 0 Å². The first-order chi connectivity index (χ1) is 12.2. The number of fused-ring (bicyclic) bond motifs is 2. The van der Waals surface area contributed by atoms with Gasteiger partial charge in [0.05, 0.1) is 5.25 Å². The summed E-state index contributed by atoms with van der Waals surface area (Å²) in [6.45, 7) is 1.87. The highest BCUT2D eigenvalue weighted by atomic mass is 32.2. The summed E-state index contributed by atoms with van der Waals surface area (Å²) in [5.74, 6) is -0.0611. The number of hydrogen-bond donors (Lipinski definition) is 1. The van der Waals surface area contributed by atoms with Gasteiger partial charge in [0.1, 0.15) is 0 Å². The van der Waals surface area contributed by atoms with Gasteiger partial charge in [0.2, 0.25) is 5.91 Å². The fourth-order valence-electron chi connectivity index (χ4n) is 2.68. The van der Waals surface area contributed by atoms with E-state index in [4.69, 9.17) is 0 Å². The lowest BCUT2D eigenvalue weighted by atomic mass is 10.1. The van der Waals surface area contributed by atoms with Gasteiger partial charge in [-0.1, -0.05) is 54.2 Å². The van der Waals surface area contributed by atoms with Crippen LogP contribution in [0.25, 0.3) is 16.4 Å². The second-order valence-electron chi connectivity index (χ2n) is 5.69. The SMILES string of the molecule is C[C@H](Sc1nnc2ccccn12)C(=O)Nc1cccc2ccccc12. The van der Waals surface area contributed by atoms with Crippen molar-refractivity contribution in [3.05, 3.63) is 66.9 Å². The van der Waals surface area contributed by atoms with Crippen molar-refractivity contribution in [3.8, 4) is 0 Å². The molecule has 0 saturated heterocycles. The minimum Gasteiger partial charge on any atom is -0.325 e. The van der Waals surface area contributed by atoms with Crippen LogP contribution in [0.4, 0.5) is 5.69 Å². The number of nitrogens with one attached hydrogen (secondary N) is 1. The van der Waals surface area contributed by atoms with E-state index in [-0.39, 0.29) is 11.2 Å². The number of thioether (sulfide) groups is 1. The predicted octanol–water partition coefficient (Wildman–Crippen LogP) is 4.00. The Morgan fingerprint density at radius 1 is 1.04 bits per heavy atom. The summed E-state index contributed by atoms with van der Waals surface area (Å²) in [5, 5.41) is 13.9. The lowest BCUT2D eigenvalue weighted by molar-refractivity contribution is -0.115. The van der Waals surface area contributed by atoms with Crippen molar-refractivity contribution < 1.29 is 4.79 Å². The van der Waals surface area contributed by atoms with Gasteiger partial charge in [-0.2, -0.15) is 0 Å². The van der Waals surface area contributed by atoms with Gasteiger partial charge < -0.3 is 5.32 Å². The Morgan fingerprint density at radius 2 is 1.84 bits per heavy atom. The summed E-state index contributed by atoms with van der Waals surface area (Å²) in [5.41, 5.74) is 1.59. The number of nitrogens with zero attached hydrogens (tertiary/aromatic N) is 3. The van der Waals surface area contributed by atoms with E-state index in [0.29, 0.717) is 5.16 Å². The largest absolute Gasteiger partial charge is 0.325 e. The molecule has 2 heterocycles. The summed E-state index contributed by atoms with van der Waals surface area (Å²) < 4.78 is 1.88. The molecule has 2 aromatic heterocycles. The molecule has 6 heteroatoms. The van der Waals surface area contributed by atoms with Crippen LogP contribution in [0.15, 0.2) is 72.0 Å². The zero-order valence-electron chi connectivity index (χ0n) is 13.6. The molecule has 0 aliphatic heterocycles. The van der Waals surface area contributed by atoms with Crippen molar-refractivity contribution in [2.24, 2.45) is 0 Å². The summed E-state index contributed by atoms with van der Waals surface area (Å²) in [6, 6.07) is 19.6. The van der Waals surface area contributed by atoms with Crippen molar-refractivity contribution in [2.75, 3.05) is 5.32 Å². The summed E-state index contributed by atoms with van der Waals surface area (Å²) >= 11 is 1.39. The van der Waals surface area contributed by atoms with Gasteiger partial charge in [0, 0.05) is 17.3 Å². The van der Waals surface area contributed by atoms with Crippen LogP contribution in [0.2, 0.25) is 0 Å². The average molecular weight is 348 g/mol. The van der Waals surface area contributed by atoms with Crippen molar-refractivity contribution >= 4 is 39.8 Å². The first kappa shape index (κ1) is 15.7. The number of amides is 1. The summed E-state index contributed by atoms with van der Waals surface area (Å²) in [7, 11) is 0. The second-order valence-corrected chi connectivity index (χ2v) is 7.00. The molecule has 1 N–H and O–H groups in total. The van der Waals surface area contributed by atoms with Crippen molar-refractivity contribution in [1.29, 1.82) is 0 Å². The molecule has 4 aromatic rings. The fourth-order valence-corrected chi connectivity index (χ4v) is 3.52. The zero-order chi connectivity index (χ0) is 17.2. The smallest absolute Gasteiger partial charge is 0.237 e. The van der Waals surface area contributed by atoms with E-state index >= 15 is 0 Å². The quantitative estimate of drug-likeness (QED) is 0.566. The van der Waals surface area contributed by atoms with Crippen LogP contribution < -0.4 is 5.32 Å².